The predicted octanol–water partition coefficient (Wildman–Crippen LogP) is 3.25. The molecular weight excluding hydrogens is 525 g/mol. The molecule has 0 radical (unpaired) electrons. The van der Waals surface area contributed by atoms with Gasteiger partial charge in [0.25, 0.3) is 0 Å². The average molecular weight is 546 g/mol. The second kappa shape index (κ2) is 9.87. The molecule has 1 unspecified atom stereocenters. The first-order valence-corrected chi connectivity index (χ1v) is 11.7. The van der Waals surface area contributed by atoms with Gasteiger partial charge in [0.1, 0.15) is 5.82 Å². The highest BCUT2D eigenvalue weighted by molar-refractivity contribution is 7.71. The molecule has 0 saturated heterocycles. The Kier molecular flexibility index (Phi) is 6.98. The third kappa shape index (κ3) is 4.77. The van der Waals surface area contributed by atoms with Crippen LogP contribution in [0.3, 0.4) is 0 Å². The Bertz CT molecular complexity index is 1620. The van der Waals surface area contributed by atoms with Gasteiger partial charge in [0, 0.05) is 26.1 Å². The van der Waals surface area contributed by atoms with Gasteiger partial charge in [-0.1, -0.05) is 52.2 Å². The number of carbonyl (C=O) groups excluding carboxylic acids is 1. The molecule has 1 aliphatic heterocycles. The molecule has 2 aromatic carbocycles. The Morgan fingerprint density at radius 1 is 1.19 bits per heavy atom. The molecule has 0 saturated carbocycles. The third-order valence-electron chi connectivity index (χ3n) is 5.87. The summed E-state index contributed by atoms with van der Waals surface area (Å²) in [5.41, 5.74) is -1.99. The number of halogens is 2. The lowest BCUT2D eigenvalue weighted by molar-refractivity contribution is -0.167. The molecule has 13 heteroatoms. The summed E-state index contributed by atoms with van der Waals surface area (Å²) in [5.74, 6) is -1.73. The van der Waals surface area contributed by atoms with Crippen LogP contribution in [0.4, 0.5) is 4.39 Å². The van der Waals surface area contributed by atoms with Gasteiger partial charge < -0.3 is 9.68 Å². The summed E-state index contributed by atoms with van der Waals surface area (Å²) in [6, 6.07) is 11.3. The van der Waals surface area contributed by atoms with E-state index in [1.807, 2.05) is 30.3 Å². The molecule has 0 aliphatic carbocycles. The van der Waals surface area contributed by atoms with E-state index in [1.165, 1.54) is 27.1 Å². The zero-order valence-corrected chi connectivity index (χ0v) is 21.8. The van der Waals surface area contributed by atoms with Crippen LogP contribution < -0.4 is 11.4 Å². The fourth-order valence-electron chi connectivity index (χ4n) is 3.64. The molecule has 37 heavy (non-hydrogen) atoms. The first-order chi connectivity index (χ1) is 17.4. The smallest absolute Gasteiger partial charge is 0.377 e. The van der Waals surface area contributed by atoms with Gasteiger partial charge in [0.05, 0.1) is 22.1 Å². The summed E-state index contributed by atoms with van der Waals surface area (Å²) in [7, 11) is 2.73. The number of hydrogen-bond donors (Lipinski definition) is 0. The predicted molar refractivity (Wildman–Crippen MR) is 137 cm³/mol. The SMILES string of the molecule is C/C(=N/OC(=O)C1(C)CC(c2cc(-n3c(=O)n(C)c(=S)n(C)c3=O)c(F)cc2Cl)=NO1)c1ccccc1. The molecule has 1 atom stereocenters. The highest BCUT2D eigenvalue weighted by atomic mass is 35.5. The van der Waals surface area contributed by atoms with E-state index in [0.29, 0.717) is 10.3 Å². The van der Waals surface area contributed by atoms with Crippen molar-refractivity contribution >= 4 is 41.2 Å². The Hall–Kier alpha value is -3.90. The number of rotatable bonds is 5. The largest absolute Gasteiger partial charge is 0.381 e. The normalized spacial score (nSPS) is 17.4. The monoisotopic (exact) mass is 545 g/mol. The Labute approximate surface area is 219 Å². The summed E-state index contributed by atoms with van der Waals surface area (Å²) in [6.45, 7) is 3.15. The van der Waals surface area contributed by atoms with Crippen LogP contribution in [0.15, 0.2) is 62.4 Å². The maximum atomic E-state index is 14.9. The molecule has 0 amide bonds. The van der Waals surface area contributed by atoms with E-state index in [-0.39, 0.29) is 33.2 Å². The molecule has 0 bridgehead atoms. The zero-order chi connectivity index (χ0) is 27.1. The number of nitrogens with zero attached hydrogens (tertiary/aromatic N) is 5. The van der Waals surface area contributed by atoms with Crippen molar-refractivity contribution in [2.75, 3.05) is 0 Å². The summed E-state index contributed by atoms with van der Waals surface area (Å²) >= 11 is 11.3. The van der Waals surface area contributed by atoms with Crippen molar-refractivity contribution in [3.8, 4) is 5.69 Å². The summed E-state index contributed by atoms with van der Waals surface area (Å²) in [4.78, 5) is 48.8. The third-order valence-corrected chi connectivity index (χ3v) is 6.73. The standard InChI is InChI=1S/C24H21ClFN5O5S/c1-13(14-8-6-5-7-9-14)27-35-20(32)24(2)12-18(28-36-24)15-10-19(17(26)11-16(15)25)31-21(33)29(3)23(37)30(4)22(31)34/h5-11H,12H2,1-4H3/b27-13-. The molecule has 1 aromatic heterocycles. The van der Waals surface area contributed by atoms with Crippen molar-refractivity contribution in [3.05, 3.63) is 90.2 Å². The minimum atomic E-state index is -1.54. The lowest BCUT2D eigenvalue weighted by Gasteiger charge is -2.17. The molecule has 0 N–H and O–H groups in total. The van der Waals surface area contributed by atoms with Crippen molar-refractivity contribution in [1.82, 2.24) is 13.7 Å². The van der Waals surface area contributed by atoms with E-state index in [9.17, 15) is 18.8 Å². The van der Waals surface area contributed by atoms with Crippen LogP contribution in [0.5, 0.6) is 0 Å². The van der Waals surface area contributed by atoms with Crippen LogP contribution in [-0.4, -0.2) is 36.7 Å². The topological polar surface area (TPSA) is 109 Å². The first kappa shape index (κ1) is 26.2. The summed E-state index contributed by atoms with van der Waals surface area (Å²) < 4.78 is 17.6. The lowest BCUT2D eigenvalue weighted by Crippen LogP contribution is -2.44. The van der Waals surface area contributed by atoms with Gasteiger partial charge in [0.15, 0.2) is 4.77 Å². The molecular formula is C24H21ClFN5O5S. The molecule has 2 heterocycles. The quantitative estimate of drug-likeness (QED) is 0.211. The van der Waals surface area contributed by atoms with Gasteiger partial charge in [-0.25, -0.2) is 23.3 Å². The van der Waals surface area contributed by atoms with Crippen molar-refractivity contribution in [2.24, 2.45) is 24.4 Å². The molecule has 0 spiro atoms. The van der Waals surface area contributed by atoms with Gasteiger partial charge in [-0.05, 0) is 43.8 Å². The van der Waals surface area contributed by atoms with E-state index >= 15 is 0 Å². The van der Waals surface area contributed by atoms with E-state index in [0.717, 1.165) is 20.8 Å². The minimum Gasteiger partial charge on any atom is -0.377 e. The van der Waals surface area contributed by atoms with E-state index in [2.05, 4.69) is 10.3 Å². The second-order valence-corrected chi connectivity index (χ2v) is 9.32. The number of carbonyl (C=O) groups is 1. The number of oxime groups is 2. The molecule has 1 aliphatic rings. The molecule has 4 rings (SSSR count). The fourth-order valence-corrected chi connectivity index (χ4v) is 4.05. The fraction of sp³-hybridized carbons (Fsp3) is 0.250. The van der Waals surface area contributed by atoms with E-state index in [1.54, 1.807) is 6.92 Å². The second-order valence-electron chi connectivity index (χ2n) is 8.54. The van der Waals surface area contributed by atoms with Crippen LogP contribution in [0.1, 0.15) is 31.4 Å². The molecule has 0 fully saturated rings. The Balaban J connectivity index is 1.65. The summed E-state index contributed by atoms with van der Waals surface area (Å²) in [6.07, 6.45) is -0.0949. The number of aromatic nitrogens is 3. The van der Waals surface area contributed by atoms with E-state index < -0.39 is 28.8 Å². The summed E-state index contributed by atoms with van der Waals surface area (Å²) in [5, 5.41) is 7.77. The first-order valence-electron chi connectivity index (χ1n) is 10.9. The van der Waals surface area contributed by atoms with Crippen LogP contribution >= 0.6 is 23.8 Å². The Morgan fingerprint density at radius 2 is 1.81 bits per heavy atom. The van der Waals surface area contributed by atoms with Crippen LogP contribution in [0, 0.1) is 10.6 Å². The molecule has 192 valence electrons. The van der Waals surface area contributed by atoms with Crippen molar-refractivity contribution in [2.45, 2.75) is 25.9 Å². The van der Waals surface area contributed by atoms with Gasteiger partial charge in [-0.3, -0.25) is 9.13 Å². The number of benzene rings is 2. The van der Waals surface area contributed by atoms with Crippen LogP contribution in [-0.2, 0) is 28.6 Å². The lowest BCUT2D eigenvalue weighted by atomic mass is 9.95. The van der Waals surface area contributed by atoms with Crippen molar-refractivity contribution in [1.29, 1.82) is 0 Å². The minimum absolute atomic E-state index is 0.0335. The van der Waals surface area contributed by atoms with Gasteiger partial charge in [0.2, 0.25) is 5.60 Å². The zero-order valence-electron chi connectivity index (χ0n) is 20.2. The maximum absolute atomic E-state index is 14.9. The highest BCUT2D eigenvalue weighted by Crippen LogP contribution is 2.32. The van der Waals surface area contributed by atoms with Gasteiger partial charge >= 0.3 is 17.3 Å². The van der Waals surface area contributed by atoms with Crippen molar-refractivity contribution in [3.63, 3.8) is 0 Å². The van der Waals surface area contributed by atoms with Gasteiger partial charge in [-0.2, -0.15) is 0 Å². The van der Waals surface area contributed by atoms with Crippen molar-refractivity contribution < 1.29 is 18.9 Å². The average Bonchev–Trinajstić information content (AvgIpc) is 3.29. The molecule has 3 aromatic rings. The Morgan fingerprint density at radius 3 is 2.43 bits per heavy atom. The van der Waals surface area contributed by atoms with Crippen LogP contribution in [0.25, 0.3) is 5.69 Å². The highest BCUT2D eigenvalue weighted by Gasteiger charge is 2.45. The molecule has 10 nitrogen and oxygen atoms in total. The number of hydrogen-bond acceptors (Lipinski definition) is 8. The maximum Gasteiger partial charge on any atom is 0.381 e. The van der Waals surface area contributed by atoms with E-state index in [4.69, 9.17) is 33.5 Å². The van der Waals surface area contributed by atoms with Crippen LogP contribution in [0.2, 0.25) is 5.02 Å². The van der Waals surface area contributed by atoms with Gasteiger partial charge in [-0.15, -0.1) is 0 Å².